The van der Waals surface area contributed by atoms with E-state index >= 15 is 0 Å². The SMILES string of the molecule is O=C(c1cccc(S(=O)(=O)N2CCCC2)c1)N(Cc1ccccc1)C1CC1. The van der Waals surface area contributed by atoms with Crippen LogP contribution in [0.1, 0.15) is 41.6 Å². The predicted molar refractivity (Wildman–Crippen MR) is 104 cm³/mol. The number of sulfonamides is 1. The van der Waals surface area contributed by atoms with E-state index in [2.05, 4.69) is 0 Å². The lowest BCUT2D eigenvalue weighted by molar-refractivity contribution is 0.0729. The fraction of sp³-hybridized carbons (Fsp3) is 0.381. The van der Waals surface area contributed by atoms with Crippen LogP contribution < -0.4 is 0 Å². The third-order valence-corrected chi connectivity index (χ3v) is 7.12. The van der Waals surface area contributed by atoms with Crippen LogP contribution in [0.3, 0.4) is 0 Å². The predicted octanol–water partition coefficient (Wildman–Crippen LogP) is 3.28. The summed E-state index contributed by atoms with van der Waals surface area (Å²) < 4.78 is 27.1. The maximum absolute atomic E-state index is 13.1. The largest absolute Gasteiger partial charge is 0.331 e. The summed E-state index contributed by atoms with van der Waals surface area (Å²) in [4.78, 5) is 15.2. The third kappa shape index (κ3) is 3.92. The molecule has 1 saturated heterocycles. The Bertz CT molecular complexity index is 917. The van der Waals surface area contributed by atoms with Crippen molar-refractivity contribution in [3.63, 3.8) is 0 Å². The van der Waals surface area contributed by atoms with Crippen LogP contribution in [0.25, 0.3) is 0 Å². The van der Waals surface area contributed by atoms with E-state index in [1.165, 1.54) is 10.4 Å². The van der Waals surface area contributed by atoms with Gasteiger partial charge in [0, 0.05) is 31.2 Å². The molecule has 1 aliphatic carbocycles. The normalized spacial score (nSPS) is 17.8. The van der Waals surface area contributed by atoms with Crippen LogP contribution in [-0.2, 0) is 16.6 Å². The van der Waals surface area contributed by atoms with Gasteiger partial charge < -0.3 is 4.90 Å². The van der Waals surface area contributed by atoms with E-state index in [1.807, 2.05) is 35.2 Å². The van der Waals surface area contributed by atoms with Crippen molar-refractivity contribution < 1.29 is 13.2 Å². The summed E-state index contributed by atoms with van der Waals surface area (Å²) in [5.74, 6) is -0.0974. The van der Waals surface area contributed by atoms with Crippen molar-refractivity contribution in [1.82, 2.24) is 9.21 Å². The van der Waals surface area contributed by atoms with Gasteiger partial charge in [-0.05, 0) is 49.4 Å². The Kier molecular flexibility index (Phi) is 5.02. The molecule has 142 valence electrons. The third-order valence-electron chi connectivity index (χ3n) is 5.23. The molecule has 2 aliphatic rings. The van der Waals surface area contributed by atoms with Gasteiger partial charge in [-0.2, -0.15) is 4.31 Å². The van der Waals surface area contributed by atoms with Gasteiger partial charge in [0.25, 0.3) is 5.91 Å². The summed E-state index contributed by atoms with van der Waals surface area (Å²) in [5.41, 5.74) is 1.52. The van der Waals surface area contributed by atoms with Gasteiger partial charge in [-0.15, -0.1) is 0 Å². The van der Waals surface area contributed by atoms with Crippen molar-refractivity contribution in [3.8, 4) is 0 Å². The molecule has 0 unspecified atom stereocenters. The lowest BCUT2D eigenvalue weighted by Gasteiger charge is -2.23. The molecule has 0 spiro atoms. The first-order valence-corrected chi connectivity index (χ1v) is 10.9. The Morgan fingerprint density at radius 2 is 1.70 bits per heavy atom. The van der Waals surface area contributed by atoms with Crippen molar-refractivity contribution in [1.29, 1.82) is 0 Å². The molecule has 0 bridgehead atoms. The number of amides is 1. The first-order chi connectivity index (χ1) is 13.1. The first kappa shape index (κ1) is 18.2. The smallest absolute Gasteiger partial charge is 0.254 e. The molecule has 1 amide bonds. The zero-order valence-electron chi connectivity index (χ0n) is 15.3. The fourth-order valence-corrected chi connectivity index (χ4v) is 5.13. The van der Waals surface area contributed by atoms with Crippen LogP contribution in [0.5, 0.6) is 0 Å². The molecule has 0 atom stereocenters. The van der Waals surface area contributed by atoms with Gasteiger partial charge in [0.05, 0.1) is 4.90 Å². The van der Waals surface area contributed by atoms with Gasteiger partial charge in [0.1, 0.15) is 0 Å². The average molecular weight is 385 g/mol. The van der Waals surface area contributed by atoms with E-state index in [1.54, 1.807) is 18.2 Å². The molecule has 1 heterocycles. The van der Waals surface area contributed by atoms with Gasteiger partial charge in [-0.1, -0.05) is 36.4 Å². The van der Waals surface area contributed by atoms with Crippen molar-refractivity contribution in [3.05, 3.63) is 65.7 Å². The molecule has 0 aromatic heterocycles. The van der Waals surface area contributed by atoms with Crippen LogP contribution >= 0.6 is 0 Å². The molecule has 0 N–H and O–H groups in total. The number of nitrogens with zero attached hydrogens (tertiary/aromatic N) is 2. The maximum Gasteiger partial charge on any atom is 0.254 e. The zero-order chi connectivity index (χ0) is 18.9. The van der Waals surface area contributed by atoms with Crippen molar-refractivity contribution >= 4 is 15.9 Å². The highest BCUT2D eigenvalue weighted by Gasteiger charge is 2.34. The topological polar surface area (TPSA) is 57.7 Å². The monoisotopic (exact) mass is 384 g/mol. The lowest BCUT2D eigenvalue weighted by atomic mass is 10.1. The highest BCUT2D eigenvalue weighted by molar-refractivity contribution is 7.89. The molecule has 5 nitrogen and oxygen atoms in total. The Hall–Kier alpha value is -2.18. The second-order valence-corrected chi connectivity index (χ2v) is 9.23. The fourth-order valence-electron chi connectivity index (χ4n) is 3.57. The number of carbonyl (C=O) groups is 1. The Morgan fingerprint density at radius 1 is 1.00 bits per heavy atom. The highest BCUT2D eigenvalue weighted by atomic mass is 32.2. The minimum atomic E-state index is -3.52. The van der Waals surface area contributed by atoms with Crippen LogP contribution in [0, 0.1) is 0 Å². The number of carbonyl (C=O) groups excluding carboxylic acids is 1. The highest BCUT2D eigenvalue weighted by Crippen LogP contribution is 2.30. The van der Waals surface area contributed by atoms with Crippen molar-refractivity contribution in [2.45, 2.75) is 43.2 Å². The van der Waals surface area contributed by atoms with Crippen LogP contribution in [0.15, 0.2) is 59.5 Å². The summed E-state index contributed by atoms with van der Waals surface area (Å²) in [5, 5.41) is 0. The van der Waals surface area contributed by atoms with E-state index in [-0.39, 0.29) is 16.8 Å². The molecular formula is C21H24N2O3S. The molecule has 27 heavy (non-hydrogen) atoms. The van der Waals surface area contributed by atoms with Crippen molar-refractivity contribution in [2.24, 2.45) is 0 Å². The summed E-state index contributed by atoms with van der Waals surface area (Å²) in [6.07, 6.45) is 3.80. The van der Waals surface area contributed by atoms with Gasteiger partial charge >= 0.3 is 0 Å². The van der Waals surface area contributed by atoms with Gasteiger partial charge in [-0.3, -0.25) is 4.79 Å². The van der Waals surface area contributed by atoms with Gasteiger partial charge in [-0.25, -0.2) is 8.42 Å². The van der Waals surface area contributed by atoms with E-state index in [0.717, 1.165) is 31.2 Å². The molecular weight excluding hydrogens is 360 g/mol. The second kappa shape index (κ2) is 7.44. The van der Waals surface area contributed by atoms with E-state index in [9.17, 15) is 13.2 Å². The quantitative estimate of drug-likeness (QED) is 0.768. The van der Waals surface area contributed by atoms with Crippen LogP contribution in [0.4, 0.5) is 0 Å². The van der Waals surface area contributed by atoms with E-state index in [0.29, 0.717) is 25.2 Å². The number of hydrogen-bond acceptors (Lipinski definition) is 3. The Labute approximate surface area is 160 Å². The average Bonchev–Trinajstić information content (AvgIpc) is 3.38. The minimum Gasteiger partial charge on any atom is -0.331 e. The van der Waals surface area contributed by atoms with Gasteiger partial charge in [0.2, 0.25) is 10.0 Å². The van der Waals surface area contributed by atoms with Gasteiger partial charge in [0.15, 0.2) is 0 Å². The van der Waals surface area contributed by atoms with Crippen molar-refractivity contribution in [2.75, 3.05) is 13.1 Å². The number of benzene rings is 2. The zero-order valence-corrected chi connectivity index (χ0v) is 16.1. The summed E-state index contributed by atoms with van der Waals surface area (Å²) >= 11 is 0. The Morgan fingerprint density at radius 3 is 2.37 bits per heavy atom. The molecule has 1 saturated carbocycles. The summed E-state index contributed by atoms with van der Waals surface area (Å²) in [7, 11) is -3.52. The molecule has 4 rings (SSSR count). The first-order valence-electron chi connectivity index (χ1n) is 9.51. The lowest BCUT2D eigenvalue weighted by Crippen LogP contribution is -2.33. The molecule has 6 heteroatoms. The molecule has 1 aliphatic heterocycles. The number of rotatable bonds is 6. The van der Waals surface area contributed by atoms with Crippen LogP contribution in [0.2, 0.25) is 0 Å². The minimum absolute atomic E-state index is 0.0974. The Balaban J connectivity index is 1.59. The summed E-state index contributed by atoms with van der Waals surface area (Å²) in [6.45, 7) is 1.67. The number of hydrogen-bond donors (Lipinski definition) is 0. The molecule has 2 fully saturated rings. The van der Waals surface area contributed by atoms with E-state index < -0.39 is 10.0 Å². The van der Waals surface area contributed by atoms with Crippen LogP contribution in [-0.4, -0.2) is 42.7 Å². The molecule has 2 aromatic carbocycles. The second-order valence-electron chi connectivity index (χ2n) is 7.29. The molecule has 0 radical (unpaired) electrons. The maximum atomic E-state index is 13.1. The van der Waals surface area contributed by atoms with E-state index in [4.69, 9.17) is 0 Å². The molecule has 2 aromatic rings. The standard InChI is InChI=1S/C21H24N2O3S/c24-21(23(19-11-12-19)16-17-7-2-1-3-8-17)18-9-6-10-20(15-18)27(25,26)22-13-4-5-14-22/h1-3,6-10,15,19H,4-5,11-14,16H2. The summed E-state index contributed by atoms with van der Waals surface area (Å²) in [6, 6.07) is 16.7.